The second-order valence-corrected chi connectivity index (χ2v) is 6.33. The van der Waals surface area contributed by atoms with Gasteiger partial charge >= 0.3 is 12.1 Å². The van der Waals surface area contributed by atoms with Crippen molar-refractivity contribution >= 4 is 11.9 Å². The highest BCUT2D eigenvalue weighted by Crippen LogP contribution is 2.30. The zero-order valence-corrected chi connectivity index (χ0v) is 14.0. The molecule has 2 rings (SSSR count). The van der Waals surface area contributed by atoms with Crippen molar-refractivity contribution in [2.24, 2.45) is 0 Å². The topological polar surface area (TPSA) is 97.1 Å². The van der Waals surface area contributed by atoms with Crippen LogP contribution in [0.25, 0.3) is 5.69 Å². The van der Waals surface area contributed by atoms with Crippen molar-refractivity contribution in [1.82, 2.24) is 20.3 Å². The van der Waals surface area contributed by atoms with Gasteiger partial charge in [0.25, 0.3) is 5.91 Å². The minimum atomic E-state index is -4.50. The van der Waals surface area contributed by atoms with Gasteiger partial charge in [-0.05, 0) is 38.5 Å². The van der Waals surface area contributed by atoms with Gasteiger partial charge in [-0.15, -0.1) is 5.10 Å². The van der Waals surface area contributed by atoms with E-state index in [4.69, 9.17) is 5.11 Å². The van der Waals surface area contributed by atoms with E-state index in [0.29, 0.717) is 0 Å². The summed E-state index contributed by atoms with van der Waals surface area (Å²) in [7, 11) is 0. The molecule has 7 nitrogen and oxygen atoms in total. The molecule has 2 N–H and O–H groups in total. The molecule has 140 valence electrons. The summed E-state index contributed by atoms with van der Waals surface area (Å²) < 4.78 is 39.4. The molecule has 0 fully saturated rings. The number of hydrogen-bond acceptors (Lipinski definition) is 4. The highest BCUT2D eigenvalue weighted by Gasteiger charge is 2.30. The van der Waals surface area contributed by atoms with E-state index >= 15 is 0 Å². The van der Waals surface area contributed by atoms with Gasteiger partial charge in [-0.1, -0.05) is 11.3 Å². The van der Waals surface area contributed by atoms with Crippen molar-refractivity contribution in [3.05, 3.63) is 41.7 Å². The molecule has 0 spiro atoms. The number of benzene rings is 1. The maximum atomic E-state index is 12.8. The van der Waals surface area contributed by atoms with Crippen molar-refractivity contribution in [1.29, 1.82) is 0 Å². The summed E-state index contributed by atoms with van der Waals surface area (Å²) in [5.74, 6) is -1.58. The maximum absolute atomic E-state index is 12.8. The lowest BCUT2D eigenvalue weighted by Gasteiger charge is -2.24. The number of aromatic nitrogens is 3. The smallest absolute Gasteiger partial charge is 0.416 e. The predicted molar refractivity (Wildman–Crippen MR) is 84.8 cm³/mol. The first-order valence-corrected chi connectivity index (χ1v) is 7.62. The van der Waals surface area contributed by atoms with Gasteiger partial charge in [-0.2, -0.15) is 13.2 Å². The summed E-state index contributed by atoms with van der Waals surface area (Å²) in [4.78, 5) is 22.9. The zero-order chi connectivity index (χ0) is 19.5. The molecule has 0 saturated carbocycles. The van der Waals surface area contributed by atoms with Crippen LogP contribution in [0.5, 0.6) is 0 Å². The van der Waals surface area contributed by atoms with Crippen LogP contribution in [0.2, 0.25) is 0 Å². The summed E-state index contributed by atoms with van der Waals surface area (Å²) in [6, 6.07) is 4.46. The number of carboxylic acids is 1. The van der Waals surface area contributed by atoms with Crippen LogP contribution in [-0.2, 0) is 11.0 Å². The van der Waals surface area contributed by atoms with E-state index in [9.17, 15) is 22.8 Å². The van der Waals surface area contributed by atoms with Gasteiger partial charge in [0.2, 0.25) is 0 Å². The Morgan fingerprint density at radius 2 is 1.96 bits per heavy atom. The number of carbonyl (C=O) groups excluding carboxylic acids is 1. The monoisotopic (exact) mass is 370 g/mol. The van der Waals surface area contributed by atoms with Crippen LogP contribution in [0.15, 0.2) is 30.5 Å². The number of hydrogen-bond donors (Lipinski definition) is 2. The minimum Gasteiger partial charge on any atom is -0.481 e. The molecule has 0 aliphatic carbocycles. The number of nitrogens with one attached hydrogen (secondary N) is 1. The summed E-state index contributed by atoms with van der Waals surface area (Å²) >= 11 is 0. The van der Waals surface area contributed by atoms with Crippen molar-refractivity contribution < 1.29 is 27.9 Å². The van der Waals surface area contributed by atoms with Crippen LogP contribution in [0.3, 0.4) is 0 Å². The van der Waals surface area contributed by atoms with E-state index in [1.807, 2.05) is 0 Å². The average Bonchev–Trinajstić information content (AvgIpc) is 3.02. The van der Waals surface area contributed by atoms with Crippen molar-refractivity contribution in [2.45, 2.75) is 38.4 Å². The van der Waals surface area contributed by atoms with Crippen LogP contribution >= 0.6 is 0 Å². The Balaban J connectivity index is 2.14. The first kappa shape index (κ1) is 19.4. The number of carboxylic acid groups (broad SMARTS) is 1. The number of nitrogens with zero attached hydrogens (tertiary/aromatic N) is 3. The molecule has 0 bridgehead atoms. The summed E-state index contributed by atoms with van der Waals surface area (Å²) in [6.45, 7) is 3.32. The van der Waals surface area contributed by atoms with Crippen LogP contribution in [0.4, 0.5) is 13.2 Å². The fourth-order valence-electron chi connectivity index (χ4n) is 2.17. The highest BCUT2D eigenvalue weighted by molar-refractivity contribution is 5.92. The number of rotatable bonds is 6. The summed E-state index contributed by atoms with van der Waals surface area (Å²) in [5.41, 5.74) is -1.62. The lowest BCUT2D eigenvalue weighted by atomic mass is 9.98. The lowest BCUT2D eigenvalue weighted by Crippen LogP contribution is -2.43. The second-order valence-electron chi connectivity index (χ2n) is 6.33. The van der Waals surface area contributed by atoms with Gasteiger partial charge in [-0.3, -0.25) is 9.59 Å². The van der Waals surface area contributed by atoms with Crippen LogP contribution < -0.4 is 5.32 Å². The third-order valence-electron chi connectivity index (χ3n) is 3.58. The Kier molecular flexibility index (Phi) is 5.33. The standard InChI is InChI=1S/C16H17F3N4O3/c1-15(2,7-6-13(24)25)20-14(26)12-9-23(22-21-12)11-5-3-4-10(8-11)16(17,18)19/h3-5,8-9H,6-7H2,1-2H3,(H,20,26)(H,24,25). The molecule has 0 saturated heterocycles. The van der Waals surface area contributed by atoms with Gasteiger partial charge in [0.05, 0.1) is 17.4 Å². The average molecular weight is 370 g/mol. The third kappa shape index (κ3) is 5.04. The SMILES string of the molecule is CC(C)(CCC(=O)O)NC(=O)c1cn(-c2cccc(C(F)(F)F)c2)nn1. The molecule has 0 aliphatic rings. The van der Waals surface area contributed by atoms with E-state index in [0.717, 1.165) is 16.8 Å². The molecule has 0 unspecified atom stereocenters. The Bertz CT molecular complexity index is 815. The highest BCUT2D eigenvalue weighted by atomic mass is 19.4. The molecule has 1 aromatic carbocycles. The fraction of sp³-hybridized carbons (Fsp3) is 0.375. The number of aliphatic carboxylic acids is 1. The van der Waals surface area contributed by atoms with Gasteiger partial charge in [0.15, 0.2) is 5.69 Å². The molecular formula is C16H17F3N4O3. The summed E-state index contributed by atoms with van der Waals surface area (Å²) in [5, 5.41) is 18.7. The van der Waals surface area contributed by atoms with Crippen LogP contribution in [-0.4, -0.2) is 37.5 Å². The normalized spacial score (nSPS) is 12.0. The molecule has 26 heavy (non-hydrogen) atoms. The molecule has 1 amide bonds. The Hall–Kier alpha value is -2.91. The van der Waals surface area contributed by atoms with E-state index < -0.39 is 29.2 Å². The Morgan fingerprint density at radius 1 is 1.27 bits per heavy atom. The quantitative estimate of drug-likeness (QED) is 0.815. The van der Waals surface area contributed by atoms with Gasteiger partial charge in [-0.25, -0.2) is 4.68 Å². The third-order valence-corrected chi connectivity index (χ3v) is 3.58. The minimum absolute atomic E-state index is 0.0918. The van der Waals surface area contributed by atoms with Gasteiger partial charge in [0, 0.05) is 12.0 Å². The molecule has 2 aromatic rings. The second kappa shape index (κ2) is 7.14. The largest absolute Gasteiger partial charge is 0.481 e. The number of carbonyl (C=O) groups is 2. The first-order chi connectivity index (χ1) is 12.0. The van der Waals surface area contributed by atoms with Gasteiger partial charge < -0.3 is 10.4 Å². The maximum Gasteiger partial charge on any atom is 0.416 e. The molecular weight excluding hydrogens is 353 g/mol. The number of alkyl halides is 3. The molecule has 1 aromatic heterocycles. The summed E-state index contributed by atoms with van der Waals surface area (Å²) in [6.07, 6.45) is -3.21. The molecule has 0 radical (unpaired) electrons. The number of amides is 1. The fourth-order valence-corrected chi connectivity index (χ4v) is 2.17. The van der Waals surface area contributed by atoms with E-state index in [1.54, 1.807) is 13.8 Å². The van der Waals surface area contributed by atoms with Gasteiger partial charge in [0.1, 0.15) is 0 Å². The van der Waals surface area contributed by atoms with E-state index in [1.165, 1.54) is 18.3 Å². The predicted octanol–water partition coefficient (Wildman–Crippen LogP) is 2.66. The van der Waals surface area contributed by atoms with Crippen molar-refractivity contribution in [3.8, 4) is 5.69 Å². The molecule has 0 aliphatic heterocycles. The first-order valence-electron chi connectivity index (χ1n) is 7.62. The Labute approximate surface area is 146 Å². The molecule has 0 atom stereocenters. The molecule has 1 heterocycles. The van der Waals surface area contributed by atoms with Crippen molar-refractivity contribution in [3.63, 3.8) is 0 Å². The van der Waals surface area contributed by atoms with E-state index in [2.05, 4.69) is 15.6 Å². The lowest BCUT2D eigenvalue weighted by molar-refractivity contribution is -0.138. The zero-order valence-electron chi connectivity index (χ0n) is 14.0. The Morgan fingerprint density at radius 3 is 2.58 bits per heavy atom. The van der Waals surface area contributed by atoms with Crippen molar-refractivity contribution in [2.75, 3.05) is 0 Å². The number of halogens is 3. The van der Waals surface area contributed by atoms with E-state index in [-0.39, 0.29) is 24.2 Å². The van der Waals surface area contributed by atoms with Crippen LogP contribution in [0, 0.1) is 0 Å². The molecule has 10 heteroatoms. The van der Waals surface area contributed by atoms with Crippen LogP contribution in [0.1, 0.15) is 42.7 Å².